The van der Waals surface area contributed by atoms with Crippen LogP contribution in [0.2, 0.25) is 0 Å². The summed E-state index contributed by atoms with van der Waals surface area (Å²) in [4.78, 5) is 4.53. The van der Waals surface area contributed by atoms with E-state index in [0.717, 1.165) is 43.6 Å². The van der Waals surface area contributed by atoms with E-state index in [9.17, 15) is 0 Å². The lowest BCUT2D eigenvalue weighted by atomic mass is 9.89. The largest absolute Gasteiger partial charge is 0.374 e. The highest BCUT2D eigenvalue weighted by Gasteiger charge is 2.43. The first kappa shape index (κ1) is 10.9. The summed E-state index contributed by atoms with van der Waals surface area (Å²) in [5, 5.41) is 7.59. The van der Waals surface area contributed by atoms with Crippen LogP contribution in [0.1, 0.15) is 49.7 Å². The van der Waals surface area contributed by atoms with Gasteiger partial charge in [0.15, 0.2) is 5.82 Å². The Morgan fingerprint density at radius 3 is 2.89 bits per heavy atom. The van der Waals surface area contributed by atoms with Gasteiger partial charge >= 0.3 is 0 Å². The van der Waals surface area contributed by atoms with Crippen molar-refractivity contribution < 1.29 is 9.26 Å². The zero-order valence-electron chi connectivity index (χ0n) is 10.5. The van der Waals surface area contributed by atoms with Crippen molar-refractivity contribution in [3.05, 3.63) is 11.7 Å². The second-order valence-corrected chi connectivity index (χ2v) is 5.74. The molecule has 3 fully saturated rings. The first-order valence-corrected chi connectivity index (χ1v) is 7.10. The van der Waals surface area contributed by atoms with Gasteiger partial charge in [-0.3, -0.25) is 0 Å². The minimum Gasteiger partial charge on any atom is -0.374 e. The molecule has 2 aliphatic heterocycles. The SMILES string of the molecule is C(Cc1nc(C2CC3CCC2O3)no1)NC1CC1. The fraction of sp³-hybridized carbons (Fsp3) is 0.846. The number of rotatable bonds is 5. The summed E-state index contributed by atoms with van der Waals surface area (Å²) in [6.07, 6.45) is 7.69. The van der Waals surface area contributed by atoms with Gasteiger partial charge in [-0.15, -0.1) is 0 Å². The Bertz CT molecular complexity index is 430. The monoisotopic (exact) mass is 249 g/mol. The van der Waals surface area contributed by atoms with Gasteiger partial charge in [0, 0.05) is 19.0 Å². The van der Waals surface area contributed by atoms with Gasteiger partial charge in [0.1, 0.15) is 0 Å². The van der Waals surface area contributed by atoms with Crippen molar-refractivity contribution in [3.63, 3.8) is 0 Å². The van der Waals surface area contributed by atoms with Crippen molar-refractivity contribution in [2.75, 3.05) is 6.54 Å². The minimum atomic E-state index is 0.338. The van der Waals surface area contributed by atoms with Crippen LogP contribution < -0.4 is 5.32 Å². The first-order valence-electron chi connectivity index (χ1n) is 7.10. The molecule has 0 radical (unpaired) electrons. The maximum absolute atomic E-state index is 5.84. The molecule has 5 heteroatoms. The van der Waals surface area contributed by atoms with E-state index in [1.807, 2.05) is 0 Å². The minimum absolute atomic E-state index is 0.338. The molecule has 1 aliphatic carbocycles. The van der Waals surface area contributed by atoms with E-state index in [-0.39, 0.29) is 0 Å². The quantitative estimate of drug-likeness (QED) is 0.854. The number of nitrogens with zero attached hydrogens (tertiary/aromatic N) is 2. The maximum atomic E-state index is 5.84. The summed E-state index contributed by atoms with van der Waals surface area (Å²) < 4.78 is 11.2. The van der Waals surface area contributed by atoms with Crippen LogP contribution in [0.25, 0.3) is 0 Å². The van der Waals surface area contributed by atoms with Gasteiger partial charge in [0.05, 0.1) is 18.1 Å². The van der Waals surface area contributed by atoms with Gasteiger partial charge in [-0.2, -0.15) is 4.98 Å². The highest BCUT2D eigenvalue weighted by atomic mass is 16.5. The van der Waals surface area contributed by atoms with Gasteiger partial charge in [-0.05, 0) is 32.1 Å². The van der Waals surface area contributed by atoms with Gasteiger partial charge in [0.25, 0.3) is 0 Å². The topological polar surface area (TPSA) is 60.2 Å². The molecule has 3 aliphatic rings. The van der Waals surface area contributed by atoms with E-state index in [4.69, 9.17) is 9.26 Å². The maximum Gasteiger partial charge on any atom is 0.227 e. The van der Waals surface area contributed by atoms with Crippen LogP contribution in [0.4, 0.5) is 0 Å². The van der Waals surface area contributed by atoms with Crippen LogP contribution in [0.5, 0.6) is 0 Å². The molecule has 1 N–H and O–H groups in total. The summed E-state index contributed by atoms with van der Waals surface area (Å²) >= 11 is 0. The Morgan fingerprint density at radius 2 is 2.17 bits per heavy atom. The van der Waals surface area contributed by atoms with E-state index >= 15 is 0 Å². The molecular formula is C13H19N3O2. The van der Waals surface area contributed by atoms with Gasteiger partial charge in [0.2, 0.25) is 5.89 Å². The van der Waals surface area contributed by atoms with E-state index in [0.29, 0.717) is 18.1 Å². The van der Waals surface area contributed by atoms with Crippen molar-refractivity contribution in [3.8, 4) is 0 Å². The summed E-state index contributed by atoms with van der Waals surface area (Å²) in [6, 6.07) is 0.742. The molecule has 0 spiro atoms. The second kappa shape index (κ2) is 4.31. The predicted octanol–water partition coefficient (Wildman–Crippen LogP) is 1.40. The molecule has 1 aromatic rings. The average molecular weight is 249 g/mol. The summed E-state index contributed by atoms with van der Waals surface area (Å²) in [7, 11) is 0. The van der Waals surface area contributed by atoms with Crippen LogP contribution in [-0.4, -0.2) is 34.9 Å². The standard InChI is InChI=1S/C13H19N3O2/c1-2-8(1)14-6-5-12-15-13(16-18-12)10-7-9-3-4-11(10)17-9/h8-11,14H,1-7H2. The zero-order valence-corrected chi connectivity index (χ0v) is 10.5. The molecule has 0 amide bonds. The van der Waals surface area contributed by atoms with Gasteiger partial charge in [-0.1, -0.05) is 5.16 Å². The van der Waals surface area contributed by atoms with E-state index in [1.54, 1.807) is 0 Å². The van der Waals surface area contributed by atoms with E-state index in [1.165, 1.54) is 19.3 Å². The molecule has 5 nitrogen and oxygen atoms in total. The lowest BCUT2D eigenvalue weighted by Gasteiger charge is -2.13. The van der Waals surface area contributed by atoms with Crippen molar-refractivity contribution in [1.82, 2.24) is 15.5 Å². The highest BCUT2D eigenvalue weighted by Crippen LogP contribution is 2.43. The van der Waals surface area contributed by atoms with Crippen molar-refractivity contribution in [2.45, 2.75) is 62.7 Å². The zero-order chi connectivity index (χ0) is 11.9. The number of hydrogen-bond acceptors (Lipinski definition) is 5. The molecular weight excluding hydrogens is 230 g/mol. The molecule has 0 aromatic carbocycles. The molecule has 98 valence electrons. The van der Waals surface area contributed by atoms with Crippen LogP contribution in [0.3, 0.4) is 0 Å². The number of fused-ring (bicyclic) bond motifs is 2. The van der Waals surface area contributed by atoms with Crippen LogP contribution >= 0.6 is 0 Å². The van der Waals surface area contributed by atoms with Gasteiger partial charge < -0.3 is 14.6 Å². The fourth-order valence-corrected chi connectivity index (χ4v) is 3.10. The molecule has 4 rings (SSSR count). The Balaban J connectivity index is 1.36. The normalized spacial score (nSPS) is 34.3. The molecule has 3 atom stereocenters. The molecule has 1 aromatic heterocycles. The Labute approximate surface area is 106 Å². The molecule has 2 saturated heterocycles. The third-order valence-electron chi connectivity index (χ3n) is 4.27. The molecule has 3 unspecified atom stereocenters. The van der Waals surface area contributed by atoms with Gasteiger partial charge in [-0.25, -0.2) is 0 Å². The Kier molecular flexibility index (Phi) is 2.62. The molecule has 1 saturated carbocycles. The lowest BCUT2D eigenvalue weighted by molar-refractivity contribution is 0.0996. The first-order chi connectivity index (χ1) is 8.88. The van der Waals surface area contributed by atoms with Crippen molar-refractivity contribution in [1.29, 1.82) is 0 Å². The summed E-state index contributed by atoms with van der Waals surface area (Å²) in [6.45, 7) is 0.944. The number of aromatic nitrogens is 2. The smallest absolute Gasteiger partial charge is 0.227 e. The molecule has 18 heavy (non-hydrogen) atoms. The fourth-order valence-electron chi connectivity index (χ4n) is 3.10. The molecule has 2 bridgehead atoms. The summed E-state index contributed by atoms with van der Waals surface area (Å²) in [5.74, 6) is 2.00. The van der Waals surface area contributed by atoms with E-state index in [2.05, 4.69) is 15.5 Å². The van der Waals surface area contributed by atoms with E-state index < -0.39 is 0 Å². The third kappa shape index (κ3) is 2.06. The molecule has 3 heterocycles. The van der Waals surface area contributed by atoms with Crippen LogP contribution in [0, 0.1) is 0 Å². The lowest BCUT2D eigenvalue weighted by Crippen LogP contribution is -2.19. The van der Waals surface area contributed by atoms with Crippen LogP contribution in [0.15, 0.2) is 4.52 Å². The van der Waals surface area contributed by atoms with Crippen molar-refractivity contribution in [2.24, 2.45) is 0 Å². The average Bonchev–Trinajstić information content (AvgIpc) is 2.83. The second-order valence-electron chi connectivity index (χ2n) is 5.74. The Morgan fingerprint density at radius 1 is 1.22 bits per heavy atom. The number of hydrogen-bond donors (Lipinski definition) is 1. The Hall–Kier alpha value is -0.940. The highest BCUT2D eigenvalue weighted by molar-refractivity contribution is 5.06. The third-order valence-corrected chi connectivity index (χ3v) is 4.27. The predicted molar refractivity (Wildman–Crippen MR) is 64.3 cm³/mol. The summed E-state index contributed by atoms with van der Waals surface area (Å²) in [5.41, 5.74) is 0. The number of ether oxygens (including phenoxy) is 1. The van der Waals surface area contributed by atoms with Crippen molar-refractivity contribution >= 4 is 0 Å². The number of nitrogens with one attached hydrogen (secondary N) is 1. The van der Waals surface area contributed by atoms with Crippen LogP contribution in [-0.2, 0) is 11.2 Å².